The van der Waals surface area contributed by atoms with Crippen molar-refractivity contribution in [2.45, 2.75) is 13.8 Å². The van der Waals surface area contributed by atoms with Crippen LogP contribution < -0.4 is 9.47 Å². The van der Waals surface area contributed by atoms with Crippen molar-refractivity contribution in [3.8, 4) is 56.9 Å². The second-order valence-corrected chi connectivity index (χ2v) is 7.04. The SMILES string of the molecule is CCOc1ccc(O)c(-c2cccc(-c3cccc(-c4cc(OCC)ccc4O)n3)n2)c1. The second kappa shape index (κ2) is 9.39. The molecule has 162 valence electrons. The molecule has 2 aromatic heterocycles. The Hall–Kier alpha value is -4.06. The zero-order chi connectivity index (χ0) is 22.5. The molecule has 2 heterocycles. The van der Waals surface area contributed by atoms with Crippen molar-refractivity contribution in [2.24, 2.45) is 0 Å². The predicted molar refractivity (Wildman–Crippen MR) is 124 cm³/mol. The van der Waals surface area contributed by atoms with Gasteiger partial charge in [-0.25, -0.2) is 9.97 Å². The molecule has 4 aromatic rings. The Morgan fingerprint density at radius 2 is 1.00 bits per heavy atom. The molecule has 0 radical (unpaired) electrons. The molecule has 0 bridgehead atoms. The fourth-order valence-electron chi connectivity index (χ4n) is 3.41. The molecule has 2 N–H and O–H groups in total. The van der Waals surface area contributed by atoms with E-state index in [-0.39, 0.29) is 11.5 Å². The number of phenols is 2. The lowest BCUT2D eigenvalue weighted by molar-refractivity contribution is 0.339. The number of ether oxygens (including phenoxy) is 2. The molecule has 0 aliphatic carbocycles. The summed E-state index contributed by atoms with van der Waals surface area (Å²) in [5.74, 6) is 1.57. The van der Waals surface area contributed by atoms with Gasteiger partial charge in [0.15, 0.2) is 0 Å². The Morgan fingerprint density at radius 1 is 0.594 bits per heavy atom. The van der Waals surface area contributed by atoms with Gasteiger partial charge in [-0.2, -0.15) is 0 Å². The lowest BCUT2D eigenvalue weighted by atomic mass is 10.1. The molecule has 4 rings (SSSR count). The molecule has 0 atom stereocenters. The molecule has 6 heteroatoms. The van der Waals surface area contributed by atoms with Crippen molar-refractivity contribution >= 4 is 0 Å². The van der Waals surface area contributed by atoms with Gasteiger partial charge in [0.25, 0.3) is 0 Å². The maximum absolute atomic E-state index is 10.4. The highest BCUT2D eigenvalue weighted by Crippen LogP contribution is 2.34. The van der Waals surface area contributed by atoms with E-state index in [1.165, 1.54) is 0 Å². The summed E-state index contributed by atoms with van der Waals surface area (Å²) < 4.78 is 11.1. The number of aromatic nitrogens is 2. The monoisotopic (exact) mass is 428 g/mol. The van der Waals surface area contributed by atoms with Gasteiger partial charge in [0.05, 0.1) is 36.0 Å². The summed E-state index contributed by atoms with van der Waals surface area (Å²) in [7, 11) is 0. The molecule has 0 unspecified atom stereocenters. The minimum atomic E-state index is 0.123. The number of hydrogen-bond acceptors (Lipinski definition) is 6. The third kappa shape index (κ3) is 4.49. The molecule has 6 nitrogen and oxygen atoms in total. The molecular weight excluding hydrogens is 404 g/mol. The topological polar surface area (TPSA) is 84.7 Å². The van der Waals surface area contributed by atoms with Crippen molar-refractivity contribution in [3.05, 3.63) is 72.8 Å². The highest BCUT2D eigenvalue weighted by atomic mass is 16.5. The second-order valence-electron chi connectivity index (χ2n) is 7.04. The summed E-state index contributed by atoms with van der Waals surface area (Å²) in [5.41, 5.74) is 3.66. The first-order valence-corrected chi connectivity index (χ1v) is 10.5. The van der Waals surface area contributed by atoms with Gasteiger partial charge < -0.3 is 19.7 Å². The lowest BCUT2D eigenvalue weighted by Crippen LogP contribution is -1.95. The number of benzene rings is 2. The van der Waals surface area contributed by atoms with Crippen molar-refractivity contribution in [3.63, 3.8) is 0 Å². The number of phenolic OH excluding ortho intramolecular Hbond substituents is 2. The van der Waals surface area contributed by atoms with Gasteiger partial charge in [-0.15, -0.1) is 0 Å². The van der Waals surface area contributed by atoms with Crippen LogP contribution in [0.4, 0.5) is 0 Å². The first kappa shape index (κ1) is 21.2. The summed E-state index contributed by atoms with van der Waals surface area (Å²) in [6.07, 6.45) is 0. The quantitative estimate of drug-likeness (QED) is 0.394. The fraction of sp³-hybridized carbons (Fsp3) is 0.154. The van der Waals surface area contributed by atoms with Gasteiger partial charge in [0, 0.05) is 11.1 Å². The van der Waals surface area contributed by atoms with Crippen LogP contribution in [0.3, 0.4) is 0 Å². The molecule has 0 spiro atoms. The number of aromatic hydroxyl groups is 2. The predicted octanol–water partition coefficient (Wildman–Crippen LogP) is 5.69. The third-order valence-electron chi connectivity index (χ3n) is 4.87. The average Bonchev–Trinajstić information content (AvgIpc) is 2.82. The van der Waals surface area contributed by atoms with Crippen LogP contribution >= 0.6 is 0 Å². The fourth-order valence-corrected chi connectivity index (χ4v) is 3.41. The van der Waals surface area contributed by atoms with E-state index in [4.69, 9.17) is 19.4 Å². The largest absolute Gasteiger partial charge is 0.507 e. The standard InChI is InChI=1S/C26H24N2O4/c1-3-31-17-11-13-25(29)19(15-17)21-7-5-9-23(27-21)24-10-6-8-22(28-24)20-16-18(32-4-2)12-14-26(20)30/h5-16,29-30H,3-4H2,1-2H3. The van der Waals surface area contributed by atoms with Crippen LogP contribution in [0.1, 0.15) is 13.8 Å². The highest BCUT2D eigenvalue weighted by Gasteiger charge is 2.12. The number of rotatable bonds is 7. The minimum Gasteiger partial charge on any atom is -0.507 e. The van der Waals surface area contributed by atoms with Gasteiger partial charge in [-0.05, 0) is 74.5 Å². The summed E-state index contributed by atoms with van der Waals surface area (Å²) >= 11 is 0. The molecule has 32 heavy (non-hydrogen) atoms. The average molecular weight is 428 g/mol. The first-order valence-electron chi connectivity index (χ1n) is 10.5. The summed E-state index contributed by atoms with van der Waals surface area (Å²) in [5, 5.41) is 20.7. The lowest BCUT2D eigenvalue weighted by Gasteiger charge is -2.11. The van der Waals surface area contributed by atoms with E-state index < -0.39 is 0 Å². The van der Waals surface area contributed by atoms with E-state index in [0.717, 1.165) is 0 Å². The molecule has 0 aliphatic heterocycles. The maximum Gasteiger partial charge on any atom is 0.125 e. The molecule has 2 aromatic carbocycles. The molecular formula is C26H24N2O4. The molecule has 0 saturated carbocycles. The number of hydrogen-bond donors (Lipinski definition) is 2. The van der Waals surface area contributed by atoms with Crippen LogP contribution in [0.25, 0.3) is 33.9 Å². The van der Waals surface area contributed by atoms with Gasteiger partial charge in [0.2, 0.25) is 0 Å². The number of pyridine rings is 2. The zero-order valence-electron chi connectivity index (χ0n) is 17.9. The first-order chi connectivity index (χ1) is 15.6. The van der Waals surface area contributed by atoms with Gasteiger partial charge in [-0.1, -0.05) is 12.1 Å². The Bertz CT molecular complexity index is 1140. The smallest absolute Gasteiger partial charge is 0.125 e. The molecule has 0 aliphatic rings. The maximum atomic E-state index is 10.4. The van der Waals surface area contributed by atoms with E-state index in [1.807, 2.05) is 50.2 Å². The molecule has 0 saturated heterocycles. The highest BCUT2D eigenvalue weighted by molar-refractivity contribution is 5.73. The Balaban J connectivity index is 1.73. The third-order valence-corrected chi connectivity index (χ3v) is 4.87. The van der Waals surface area contributed by atoms with Crippen molar-refractivity contribution in [2.75, 3.05) is 13.2 Å². The van der Waals surface area contributed by atoms with Crippen LogP contribution in [0.2, 0.25) is 0 Å². The normalized spacial score (nSPS) is 10.7. The van der Waals surface area contributed by atoms with Crippen LogP contribution in [0, 0.1) is 0 Å². The molecule has 0 fully saturated rings. The number of nitrogens with zero attached hydrogens (tertiary/aromatic N) is 2. The van der Waals surface area contributed by atoms with E-state index in [9.17, 15) is 10.2 Å². The van der Waals surface area contributed by atoms with Gasteiger partial charge in [-0.3, -0.25) is 0 Å². The Labute approximate surface area is 186 Å². The van der Waals surface area contributed by atoms with Gasteiger partial charge >= 0.3 is 0 Å². The van der Waals surface area contributed by atoms with Crippen LogP contribution in [0.15, 0.2) is 72.8 Å². The summed E-state index contributed by atoms with van der Waals surface area (Å²) in [4.78, 5) is 9.43. The summed E-state index contributed by atoms with van der Waals surface area (Å²) in [6.45, 7) is 4.88. The molecule has 0 amide bonds. The minimum absolute atomic E-state index is 0.123. The van der Waals surface area contributed by atoms with E-state index >= 15 is 0 Å². The van der Waals surface area contributed by atoms with E-state index in [2.05, 4.69) is 0 Å². The van der Waals surface area contributed by atoms with Crippen molar-refractivity contribution in [1.29, 1.82) is 0 Å². The van der Waals surface area contributed by atoms with Crippen molar-refractivity contribution in [1.82, 2.24) is 9.97 Å². The summed E-state index contributed by atoms with van der Waals surface area (Å²) in [6, 6.07) is 21.3. The van der Waals surface area contributed by atoms with Gasteiger partial charge in [0.1, 0.15) is 23.0 Å². The van der Waals surface area contributed by atoms with Crippen LogP contribution in [-0.4, -0.2) is 33.4 Å². The zero-order valence-corrected chi connectivity index (χ0v) is 17.9. The Kier molecular flexibility index (Phi) is 6.22. The Morgan fingerprint density at radius 3 is 1.41 bits per heavy atom. The van der Waals surface area contributed by atoms with E-state index in [1.54, 1.807) is 36.4 Å². The van der Waals surface area contributed by atoms with Crippen LogP contribution in [-0.2, 0) is 0 Å². The van der Waals surface area contributed by atoms with Crippen LogP contribution in [0.5, 0.6) is 23.0 Å². The van der Waals surface area contributed by atoms with E-state index in [0.29, 0.717) is 58.6 Å². The van der Waals surface area contributed by atoms with Crippen molar-refractivity contribution < 1.29 is 19.7 Å².